The molecule has 1 aliphatic carbocycles. The van der Waals surface area contributed by atoms with Crippen molar-refractivity contribution in [1.29, 1.82) is 0 Å². The molecule has 0 radical (unpaired) electrons. The molecule has 0 bridgehead atoms. The topological polar surface area (TPSA) is 116 Å². The summed E-state index contributed by atoms with van der Waals surface area (Å²) in [7, 11) is 0. The molecule has 1 aromatic heterocycles. The third-order valence-corrected chi connectivity index (χ3v) is 3.30. The van der Waals surface area contributed by atoms with E-state index in [0.717, 1.165) is 6.08 Å². The second-order valence-corrected chi connectivity index (χ2v) is 4.66. The number of fused-ring (bicyclic) bond motifs is 1. The van der Waals surface area contributed by atoms with Crippen molar-refractivity contribution in [2.75, 3.05) is 0 Å². The van der Waals surface area contributed by atoms with Gasteiger partial charge in [0.05, 0.1) is 27.4 Å². The molecule has 7 nitrogen and oxygen atoms in total. The summed E-state index contributed by atoms with van der Waals surface area (Å²) in [6.07, 6.45) is 1.01. The van der Waals surface area contributed by atoms with Crippen molar-refractivity contribution in [3.05, 3.63) is 69.5 Å². The van der Waals surface area contributed by atoms with E-state index in [2.05, 4.69) is 4.98 Å². The van der Waals surface area contributed by atoms with Crippen LogP contribution in [-0.4, -0.2) is 21.5 Å². The Morgan fingerprint density at radius 2 is 1.77 bits per heavy atom. The third kappa shape index (κ3) is 2.05. The van der Waals surface area contributed by atoms with Crippen LogP contribution in [-0.2, 0) is 0 Å². The molecule has 0 unspecified atom stereocenters. The number of hydrogen-bond acceptors (Lipinski definition) is 6. The van der Waals surface area contributed by atoms with E-state index in [1.165, 1.54) is 30.3 Å². The van der Waals surface area contributed by atoms with Crippen LogP contribution in [0.4, 0.5) is 5.69 Å². The van der Waals surface area contributed by atoms with Gasteiger partial charge in [-0.15, -0.1) is 0 Å². The van der Waals surface area contributed by atoms with Crippen LogP contribution >= 0.6 is 0 Å². The molecule has 0 saturated carbocycles. The van der Waals surface area contributed by atoms with Crippen LogP contribution in [0.25, 0.3) is 11.3 Å². The number of hydrogen-bond donors (Lipinski definition) is 1. The number of pyridine rings is 1. The maximum absolute atomic E-state index is 11.9. The number of allylic oxidation sites excluding steroid dienone is 2. The highest BCUT2D eigenvalue weighted by atomic mass is 16.6. The molecule has 1 aliphatic rings. The number of nitrogens with two attached hydrogens (primary N) is 1. The van der Waals surface area contributed by atoms with E-state index in [1.807, 2.05) is 0 Å². The van der Waals surface area contributed by atoms with Crippen molar-refractivity contribution >= 4 is 17.3 Å². The minimum absolute atomic E-state index is 0.0464. The summed E-state index contributed by atoms with van der Waals surface area (Å²) in [6.45, 7) is 0. The fourth-order valence-corrected chi connectivity index (χ4v) is 2.26. The second-order valence-electron chi connectivity index (χ2n) is 4.66. The van der Waals surface area contributed by atoms with Crippen LogP contribution < -0.4 is 5.73 Å². The fourth-order valence-electron chi connectivity index (χ4n) is 2.26. The average molecular weight is 295 g/mol. The molecule has 0 atom stereocenters. The Morgan fingerprint density at radius 3 is 2.50 bits per heavy atom. The summed E-state index contributed by atoms with van der Waals surface area (Å²) in [5, 5.41) is 11.1. The first-order valence-electron chi connectivity index (χ1n) is 6.30. The van der Waals surface area contributed by atoms with E-state index in [9.17, 15) is 19.7 Å². The standard InChI is InChI=1S/C15H9N3O4/c16-10-7-13(19)14-9(15(10)20)5-6-11(17-14)8-3-1-2-4-12(8)18(21)22/h1-7H,16H2. The van der Waals surface area contributed by atoms with Gasteiger partial charge < -0.3 is 5.73 Å². The van der Waals surface area contributed by atoms with Crippen LogP contribution in [0.5, 0.6) is 0 Å². The number of aromatic nitrogens is 1. The SMILES string of the molecule is NC1=CC(=O)c2nc(-c3ccccc3[N+](=O)[O-])ccc2C1=O. The number of rotatable bonds is 2. The number of Topliss-reactive ketones (excluding diaryl/α,β-unsaturated/α-hetero) is 1. The third-order valence-electron chi connectivity index (χ3n) is 3.30. The molecule has 0 saturated heterocycles. The van der Waals surface area contributed by atoms with Crippen molar-refractivity contribution in [2.24, 2.45) is 5.73 Å². The molecule has 0 aliphatic heterocycles. The molecule has 0 amide bonds. The lowest BCUT2D eigenvalue weighted by Crippen LogP contribution is -2.23. The van der Waals surface area contributed by atoms with E-state index in [1.54, 1.807) is 6.07 Å². The van der Waals surface area contributed by atoms with Crippen molar-refractivity contribution in [2.45, 2.75) is 0 Å². The number of carbonyl (C=O) groups excluding carboxylic acids is 2. The van der Waals surface area contributed by atoms with E-state index in [-0.39, 0.29) is 33.9 Å². The minimum Gasteiger partial charge on any atom is -0.395 e. The molecule has 1 heterocycles. The van der Waals surface area contributed by atoms with Gasteiger partial charge in [-0.25, -0.2) is 4.98 Å². The number of para-hydroxylation sites is 1. The van der Waals surface area contributed by atoms with Crippen LogP contribution in [0.2, 0.25) is 0 Å². The molecule has 0 spiro atoms. The number of benzene rings is 1. The Bertz CT molecular complexity index is 871. The van der Waals surface area contributed by atoms with Crippen molar-refractivity contribution in [3.63, 3.8) is 0 Å². The summed E-state index contributed by atoms with van der Waals surface area (Å²) in [5.41, 5.74) is 5.79. The average Bonchev–Trinajstić information content (AvgIpc) is 2.52. The highest BCUT2D eigenvalue weighted by Gasteiger charge is 2.26. The van der Waals surface area contributed by atoms with Gasteiger partial charge in [0.25, 0.3) is 5.69 Å². The maximum atomic E-state index is 11.9. The van der Waals surface area contributed by atoms with E-state index in [4.69, 9.17) is 5.73 Å². The lowest BCUT2D eigenvalue weighted by atomic mass is 9.96. The zero-order chi connectivity index (χ0) is 15.9. The Labute approximate surface area is 124 Å². The highest BCUT2D eigenvalue weighted by Crippen LogP contribution is 2.29. The Kier molecular flexibility index (Phi) is 3.03. The Balaban J connectivity index is 2.19. The zero-order valence-electron chi connectivity index (χ0n) is 11.1. The Morgan fingerprint density at radius 1 is 1.05 bits per heavy atom. The van der Waals surface area contributed by atoms with Crippen LogP contribution in [0.3, 0.4) is 0 Å². The summed E-state index contributed by atoms with van der Waals surface area (Å²) in [5.74, 6) is -0.969. The molecular weight excluding hydrogens is 286 g/mol. The summed E-state index contributed by atoms with van der Waals surface area (Å²) >= 11 is 0. The molecule has 2 N–H and O–H groups in total. The van der Waals surface area contributed by atoms with Crippen molar-refractivity contribution < 1.29 is 14.5 Å². The normalized spacial score (nSPS) is 13.5. The zero-order valence-corrected chi connectivity index (χ0v) is 11.1. The molecule has 2 aromatic rings. The minimum atomic E-state index is -0.526. The van der Waals surface area contributed by atoms with Gasteiger partial charge in [-0.1, -0.05) is 12.1 Å². The fraction of sp³-hybridized carbons (Fsp3) is 0. The molecule has 3 rings (SSSR count). The Hall–Kier alpha value is -3.35. The van der Waals surface area contributed by atoms with E-state index >= 15 is 0 Å². The molecular formula is C15H9N3O4. The number of ketones is 2. The quantitative estimate of drug-likeness (QED) is 0.667. The number of nitro benzene ring substituents is 1. The largest absolute Gasteiger partial charge is 0.395 e. The number of nitrogens with zero attached hydrogens (tertiary/aromatic N) is 2. The van der Waals surface area contributed by atoms with Gasteiger partial charge in [-0.3, -0.25) is 19.7 Å². The van der Waals surface area contributed by atoms with Gasteiger partial charge in [-0.05, 0) is 18.2 Å². The van der Waals surface area contributed by atoms with Crippen molar-refractivity contribution in [3.8, 4) is 11.3 Å². The summed E-state index contributed by atoms with van der Waals surface area (Å²) in [4.78, 5) is 38.5. The molecule has 108 valence electrons. The summed E-state index contributed by atoms with van der Waals surface area (Å²) in [6, 6.07) is 8.93. The van der Waals surface area contributed by atoms with Gasteiger partial charge in [0.15, 0.2) is 0 Å². The predicted octanol–water partition coefficient (Wildman–Crippen LogP) is 1.88. The molecule has 1 aromatic carbocycles. The maximum Gasteiger partial charge on any atom is 0.278 e. The first-order chi connectivity index (χ1) is 10.5. The van der Waals surface area contributed by atoms with Crippen molar-refractivity contribution in [1.82, 2.24) is 4.98 Å². The van der Waals surface area contributed by atoms with E-state index in [0.29, 0.717) is 0 Å². The lowest BCUT2D eigenvalue weighted by molar-refractivity contribution is -0.384. The molecule has 22 heavy (non-hydrogen) atoms. The first-order valence-corrected chi connectivity index (χ1v) is 6.30. The van der Waals surface area contributed by atoms with Gasteiger partial charge >= 0.3 is 0 Å². The van der Waals surface area contributed by atoms with Gasteiger partial charge in [-0.2, -0.15) is 0 Å². The van der Waals surface area contributed by atoms with Crippen LogP contribution in [0.1, 0.15) is 20.8 Å². The monoisotopic (exact) mass is 295 g/mol. The van der Waals surface area contributed by atoms with Gasteiger partial charge in [0.2, 0.25) is 11.6 Å². The van der Waals surface area contributed by atoms with Crippen LogP contribution in [0.15, 0.2) is 48.2 Å². The van der Waals surface area contributed by atoms with Gasteiger partial charge in [0.1, 0.15) is 5.69 Å². The smallest absolute Gasteiger partial charge is 0.278 e. The predicted molar refractivity (Wildman–Crippen MR) is 77.3 cm³/mol. The first kappa shape index (κ1) is 13.6. The van der Waals surface area contributed by atoms with E-state index < -0.39 is 16.5 Å². The summed E-state index contributed by atoms with van der Waals surface area (Å²) < 4.78 is 0. The number of carbonyl (C=O) groups is 2. The molecule has 7 heteroatoms. The second kappa shape index (κ2) is 4.88. The lowest BCUT2D eigenvalue weighted by Gasteiger charge is -2.12. The highest BCUT2D eigenvalue weighted by molar-refractivity contribution is 6.23. The van der Waals surface area contributed by atoms with Crippen LogP contribution in [0, 0.1) is 10.1 Å². The molecule has 0 fully saturated rings. The number of nitro groups is 1. The van der Waals surface area contributed by atoms with Gasteiger partial charge in [0, 0.05) is 12.1 Å².